The number of rotatable bonds is 4. The standard InChI is InChI=1S/C18H21N5O3S/c1-12-9-20-23(11-12)14-4-6-22(7-5-14)27(24,25)15-8-16-17(13-2-3-13)21-26-18(16)19-10-15/h8-11,13-14H,2-7H2,1H3. The number of hydrogen-bond donors (Lipinski definition) is 0. The molecule has 0 N–H and O–H groups in total. The molecule has 27 heavy (non-hydrogen) atoms. The summed E-state index contributed by atoms with van der Waals surface area (Å²) in [6, 6.07) is 1.91. The van der Waals surface area contributed by atoms with Crippen LogP contribution in [0.15, 0.2) is 34.1 Å². The second-order valence-electron chi connectivity index (χ2n) is 7.50. The summed E-state index contributed by atoms with van der Waals surface area (Å²) < 4.78 is 35.0. The first kappa shape index (κ1) is 16.9. The fourth-order valence-corrected chi connectivity index (χ4v) is 5.19. The predicted octanol–water partition coefficient (Wildman–Crippen LogP) is 2.63. The predicted molar refractivity (Wildman–Crippen MR) is 97.8 cm³/mol. The Hall–Kier alpha value is -2.26. The van der Waals surface area contributed by atoms with E-state index in [4.69, 9.17) is 4.52 Å². The molecule has 8 nitrogen and oxygen atoms in total. The number of piperidine rings is 1. The number of aryl methyl sites for hydroxylation is 1. The van der Waals surface area contributed by atoms with E-state index < -0.39 is 10.0 Å². The van der Waals surface area contributed by atoms with Crippen molar-refractivity contribution in [3.8, 4) is 0 Å². The lowest BCUT2D eigenvalue weighted by atomic mass is 10.1. The summed E-state index contributed by atoms with van der Waals surface area (Å²) in [5, 5.41) is 9.17. The van der Waals surface area contributed by atoms with Gasteiger partial charge in [-0.25, -0.2) is 13.4 Å². The molecule has 1 saturated carbocycles. The third-order valence-corrected chi connectivity index (χ3v) is 7.33. The first-order valence-corrected chi connectivity index (χ1v) is 10.7. The molecule has 0 aromatic carbocycles. The molecular formula is C18H21N5O3S. The van der Waals surface area contributed by atoms with Crippen LogP contribution in [0.5, 0.6) is 0 Å². The summed E-state index contributed by atoms with van der Waals surface area (Å²) >= 11 is 0. The summed E-state index contributed by atoms with van der Waals surface area (Å²) in [4.78, 5) is 4.41. The van der Waals surface area contributed by atoms with Gasteiger partial charge in [-0.05, 0) is 44.2 Å². The van der Waals surface area contributed by atoms with Crippen LogP contribution in [0.25, 0.3) is 11.1 Å². The SMILES string of the molecule is Cc1cnn(C2CCN(S(=O)(=O)c3cnc4onc(C5CC5)c4c3)CC2)c1. The average Bonchev–Trinajstić information content (AvgIpc) is 3.28. The molecule has 2 fully saturated rings. The largest absolute Gasteiger partial charge is 0.336 e. The summed E-state index contributed by atoms with van der Waals surface area (Å²) in [7, 11) is -3.58. The molecule has 3 aromatic rings. The summed E-state index contributed by atoms with van der Waals surface area (Å²) in [5.41, 5.74) is 2.36. The zero-order valence-corrected chi connectivity index (χ0v) is 15.9. The minimum Gasteiger partial charge on any atom is -0.336 e. The molecular weight excluding hydrogens is 366 g/mol. The Morgan fingerprint density at radius 2 is 1.93 bits per heavy atom. The van der Waals surface area contributed by atoms with Crippen LogP contribution in [0.2, 0.25) is 0 Å². The Balaban J connectivity index is 1.38. The molecule has 0 unspecified atom stereocenters. The highest BCUT2D eigenvalue weighted by molar-refractivity contribution is 7.89. The van der Waals surface area contributed by atoms with E-state index in [1.165, 1.54) is 6.20 Å². The molecule has 1 aliphatic heterocycles. The molecule has 0 spiro atoms. The van der Waals surface area contributed by atoms with Crippen LogP contribution in [0.4, 0.5) is 0 Å². The van der Waals surface area contributed by atoms with Crippen molar-refractivity contribution < 1.29 is 12.9 Å². The first-order chi connectivity index (χ1) is 13.0. The van der Waals surface area contributed by atoms with Gasteiger partial charge in [0, 0.05) is 25.2 Å². The fourth-order valence-electron chi connectivity index (χ4n) is 3.75. The Kier molecular flexibility index (Phi) is 3.83. The minimum absolute atomic E-state index is 0.216. The smallest absolute Gasteiger partial charge is 0.258 e. The molecule has 0 bridgehead atoms. The molecule has 0 atom stereocenters. The number of sulfonamides is 1. The Morgan fingerprint density at radius 1 is 1.15 bits per heavy atom. The van der Waals surface area contributed by atoms with Crippen molar-refractivity contribution in [2.24, 2.45) is 0 Å². The highest BCUT2D eigenvalue weighted by Gasteiger charge is 2.33. The van der Waals surface area contributed by atoms with Gasteiger partial charge in [-0.15, -0.1) is 0 Å². The number of aromatic nitrogens is 4. The van der Waals surface area contributed by atoms with Crippen molar-refractivity contribution in [2.45, 2.75) is 49.5 Å². The van der Waals surface area contributed by atoms with Crippen LogP contribution < -0.4 is 0 Å². The van der Waals surface area contributed by atoms with Gasteiger partial charge in [0.05, 0.1) is 29.5 Å². The molecule has 142 valence electrons. The maximum Gasteiger partial charge on any atom is 0.258 e. The Bertz CT molecular complexity index is 1090. The van der Waals surface area contributed by atoms with Crippen LogP contribution in [0.3, 0.4) is 0 Å². The zero-order chi connectivity index (χ0) is 18.6. The van der Waals surface area contributed by atoms with Crippen molar-refractivity contribution in [1.82, 2.24) is 24.2 Å². The highest BCUT2D eigenvalue weighted by atomic mass is 32.2. The number of hydrogen-bond acceptors (Lipinski definition) is 6. The molecule has 0 radical (unpaired) electrons. The van der Waals surface area contributed by atoms with Crippen molar-refractivity contribution in [1.29, 1.82) is 0 Å². The molecule has 4 heterocycles. The van der Waals surface area contributed by atoms with Crippen molar-refractivity contribution in [3.05, 3.63) is 35.9 Å². The Labute approximate surface area is 157 Å². The topological polar surface area (TPSA) is 94.1 Å². The van der Waals surface area contributed by atoms with Crippen LogP contribution in [0.1, 0.15) is 48.9 Å². The normalized spacial score (nSPS) is 19.7. The van der Waals surface area contributed by atoms with Gasteiger partial charge in [0.2, 0.25) is 10.0 Å². The lowest BCUT2D eigenvalue weighted by Gasteiger charge is -2.31. The quantitative estimate of drug-likeness (QED) is 0.683. The van der Waals surface area contributed by atoms with Crippen molar-refractivity contribution in [3.63, 3.8) is 0 Å². The van der Waals surface area contributed by atoms with Gasteiger partial charge >= 0.3 is 0 Å². The molecule has 1 saturated heterocycles. The summed E-state index contributed by atoms with van der Waals surface area (Å²) in [6.07, 6.45) is 8.85. The van der Waals surface area contributed by atoms with E-state index in [0.29, 0.717) is 24.7 Å². The maximum atomic E-state index is 13.1. The van der Waals surface area contributed by atoms with E-state index in [9.17, 15) is 8.42 Å². The monoisotopic (exact) mass is 387 g/mol. The van der Waals surface area contributed by atoms with Crippen LogP contribution in [-0.2, 0) is 10.0 Å². The van der Waals surface area contributed by atoms with E-state index in [0.717, 1.165) is 42.3 Å². The fraction of sp³-hybridized carbons (Fsp3) is 0.500. The molecule has 5 rings (SSSR count). The van der Waals surface area contributed by atoms with E-state index in [-0.39, 0.29) is 10.9 Å². The van der Waals surface area contributed by atoms with Gasteiger partial charge in [0.15, 0.2) is 0 Å². The lowest BCUT2D eigenvalue weighted by molar-refractivity contribution is 0.261. The van der Waals surface area contributed by atoms with Crippen LogP contribution >= 0.6 is 0 Å². The Morgan fingerprint density at radius 3 is 2.59 bits per heavy atom. The summed E-state index contributed by atoms with van der Waals surface area (Å²) in [5.74, 6) is 0.374. The van der Waals surface area contributed by atoms with Gasteiger partial charge in [-0.1, -0.05) is 5.16 Å². The van der Waals surface area contributed by atoms with Gasteiger partial charge in [0.1, 0.15) is 4.90 Å². The van der Waals surface area contributed by atoms with Gasteiger partial charge in [-0.3, -0.25) is 4.68 Å². The third kappa shape index (κ3) is 2.94. The zero-order valence-electron chi connectivity index (χ0n) is 15.1. The number of nitrogens with zero attached hydrogens (tertiary/aromatic N) is 5. The van der Waals surface area contributed by atoms with E-state index >= 15 is 0 Å². The third-order valence-electron chi connectivity index (χ3n) is 5.46. The molecule has 3 aromatic heterocycles. The molecule has 9 heteroatoms. The van der Waals surface area contributed by atoms with Gasteiger partial charge in [-0.2, -0.15) is 9.40 Å². The molecule has 1 aliphatic carbocycles. The highest BCUT2D eigenvalue weighted by Crippen LogP contribution is 2.42. The lowest BCUT2D eigenvalue weighted by Crippen LogP contribution is -2.39. The van der Waals surface area contributed by atoms with Crippen LogP contribution in [-0.4, -0.2) is 45.7 Å². The van der Waals surface area contributed by atoms with E-state index in [2.05, 4.69) is 15.2 Å². The van der Waals surface area contributed by atoms with Gasteiger partial charge < -0.3 is 4.52 Å². The van der Waals surface area contributed by atoms with Crippen molar-refractivity contribution in [2.75, 3.05) is 13.1 Å². The maximum absolute atomic E-state index is 13.1. The second-order valence-corrected chi connectivity index (χ2v) is 9.44. The number of fused-ring (bicyclic) bond motifs is 1. The van der Waals surface area contributed by atoms with E-state index in [1.807, 2.05) is 24.0 Å². The van der Waals surface area contributed by atoms with Gasteiger partial charge in [0.25, 0.3) is 5.71 Å². The van der Waals surface area contributed by atoms with Crippen molar-refractivity contribution >= 4 is 21.1 Å². The van der Waals surface area contributed by atoms with Crippen LogP contribution in [0, 0.1) is 6.92 Å². The molecule has 2 aliphatic rings. The minimum atomic E-state index is -3.58. The number of pyridine rings is 1. The average molecular weight is 387 g/mol. The second kappa shape index (κ2) is 6.13. The molecule has 0 amide bonds. The van der Waals surface area contributed by atoms with E-state index in [1.54, 1.807) is 10.4 Å². The first-order valence-electron chi connectivity index (χ1n) is 9.28. The summed E-state index contributed by atoms with van der Waals surface area (Å²) in [6.45, 7) is 2.96.